The van der Waals surface area contributed by atoms with Gasteiger partial charge in [0.15, 0.2) is 5.78 Å². The van der Waals surface area contributed by atoms with Gasteiger partial charge in [0.1, 0.15) is 0 Å². The zero-order valence-electron chi connectivity index (χ0n) is 13.8. The lowest BCUT2D eigenvalue weighted by molar-refractivity contribution is 0.101. The van der Waals surface area contributed by atoms with Gasteiger partial charge in [-0.25, -0.2) is 8.42 Å². The van der Waals surface area contributed by atoms with Crippen LogP contribution in [0.15, 0.2) is 47.4 Å². The summed E-state index contributed by atoms with van der Waals surface area (Å²) in [5.41, 5.74) is 3.69. The molecule has 0 aliphatic carbocycles. The van der Waals surface area contributed by atoms with Crippen LogP contribution in [-0.2, 0) is 16.6 Å². The van der Waals surface area contributed by atoms with Crippen molar-refractivity contribution in [3.05, 3.63) is 64.7 Å². The first-order chi connectivity index (χ1) is 10.7. The van der Waals surface area contributed by atoms with E-state index in [0.29, 0.717) is 12.1 Å². The average Bonchev–Trinajstić information content (AvgIpc) is 2.50. The van der Waals surface area contributed by atoms with E-state index in [4.69, 9.17) is 0 Å². The summed E-state index contributed by atoms with van der Waals surface area (Å²) in [5.74, 6) is -0.0856. The molecule has 0 N–H and O–H groups in total. The van der Waals surface area contributed by atoms with Crippen molar-refractivity contribution >= 4 is 15.8 Å². The van der Waals surface area contributed by atoms with Gasteiger partial charge in [-0.3, -0.25) is 4.79 Å². The molecule has 0 saturated heterocycles. The van der Waals surface area contributed by atoms with Crippen molar-refractivity contribution in [2.45, 2.75) is 32.2 Å². The summed E-state index contributed by atoms with van der Waals surface area (Å²) in [7, 11) is -2.02. The van der Waals surface area contributed by atoms with Crippen LogP contribution < -0.4 is 0 Å². The van der Waals surface area contributed by atoms with Crippen LogP contribution in [-0.4, -0.2) is 25.6 Å². The highest BCUT2D eigenvalue weighted by Gasteiger charge is 2.21. The fourth-order valence-electron chi connectivity index (χ4n) is 2.39. The van der Waals surface area contributed by atoms with Crippen LogP contribution in [0.4, 0.5) is 0 Å². The van der Waals surface area contributed by atoms with Crippen molar-refractivity contribution in [1.29, 1.82) is 0 Å². The number of hydrogen-bond donors (Lipinski definition) is 0. The number of ketones is 1. The van der Waals surface area contributed by atoms with Gasteiger partial charge < -0.3 is 0 Å². The molecule has 0 saturated carbocycles. The highest BCUT2D eigenvalue weighted by atomic mass is 32.2. The Hall–Kier alpha value is -1.98. The van der Waals surface area contributed by atoms with Crippen LogP contribution in [0, 0.1) is 13.8 Å². The number of sulfonamides is 1. The third kappa shape index (κ3) is 3.86. The minimum Gasteiger partial charge on any atom is -0.295 e. The van der Waals surface area contributed by atoms with E-state index < -0.39 is 10.0 Å². The lowest BCUT2D eigenvalue weighted by Gasteiger charge is -2.19. The van der Waals surface area contributed by atoms with Gasteiger partial charge in [-0.1, -0.05) is 35.9 Å². The molecule has 0 amide bonds. The lowest BCUT2D eigenvalue weighted by Crippen LogP contribution is -2.26. The summed E-state index contributed by atoms with van der Waals surface area (Å²) in [6, 6.07) is 12.0. The predicted molar refractivity (Wildman–Crippen MR) is 91.0 cm³/mol. The normalized spacial score (nSPS) is 11.7. The number of carbonyl (C=O) groups is 1. The minimum atomic E-state index is -3.58. The van der Waals surface area contributed by atoms with Gasteiger partial charge in [0.05, 0.1) is 4.90 Å². The molecular formula is C18H21NO3S. The summed E-state index contributed by atoms with van der Waals surface area (Å²) in [6.07, 6.45) is 0. The Morgan fingerprint density at radius 1 is 1.04 bits per heavy atom. The Bertz CT molecular complexity index is 824. The summed E-state index contributed by atoms with van der Waals surface area (Å²) in [4.78, 5) is 11.5. The number of nitrogens with zero attached hydrogens (tertiary/aromatic N) is 1. The van der Waals surface area contributed by atoms with E-state index >= 15 is 0 Å². The monoisotopic (exact) mass is 331 g/mol. The Kier molecular flexibility index (Phi) is 5.02. The maximum Gasteiger partial charge on any atom is 0.243 e. The molecule has 0 aliphatic rings. The second-order valence-electron chi connectivity index (χ2n) is 5.77. The molecule has 0 heterocycles. The van der Waals surface area contributed by atoms with Gasteiger partial charge in [0, 0.05) is 19.2 Å². The van der Waals surface area contributed by atoms with Gasteiger partial charge in [-0.05, 0) is 44.0 Å². The topological polar surface area (TPSA) is 54.5 Å². The molecule has 0 radical (unpaired) electrons. The molecule has 0 spiro atoms. The molecule has 4 nitrogen and oxygen atoms in total. The molecule has 0 fully saturated rings. The smallest absolute Gasteiger partial charge is 0.243 e. The Balaban J connectivity index is 2.26. The lowest BCUT2D eigenvalue weighted by atomic mass is 10.1. The van der Waals surface area contributed by atoms with E-state index in [-0.39, 0.29) is 10.7 Å². The van der Waals surface area contributed by atoms with Crippen LogP contribution in [0.25, 0.3) is 0 Å². The van der Waals surface area contributed by atoms with E-state index in [0.717, 1.165) is 16.7 Å². The fraction of sp³-hybridized carbons (Fsp3) is 0.278. The van der Waals surface area contributed by atoms with Crippen LogP contribution in [0.2, 0.25) is 0 Å². The second-order valence-corrected chi connectivity index (χ2v) is 7.82. The van der Waals surface area contributed by atoms with E-state index in [9.17, 15) is 13.2 Å². The van der Waals surface area contributed by atoms with Crippen LogP contribution in [0.1, 0.15) is 34.0 Å². The molecule has 0 aromatic heterocycles. The maximum atomic E-state index is 12.6. The predicted octanol–water partition coefficient (Wildman–Crippen LogP) is 3.33. The SMILES string of the molecule is CC(=O)c1ccc(S(=O)(=O)N(C)Cc2ccc(C)cc2C)cc1. The Morgan fingerprint density at radius 2 is 1.65 bits per heavy atom. The third-order valence-corrected chi connectivity index (χ3v) is 5.68. The van der Waals surface area contributed by atoms with Crippen LogP contribution >= 0.6 is 0 Å². The zero-order chi connectivity index (χ0) is 17.2. The zero-order valence-corrected chi connectivity index (χ0v) is 14.6. The number of hydrogen-bond acceptors (Lipinski definition) is 3. The van der Waals surface area contributed by atoms with E-state index in [1.807, 2.05) is 32.0 Å². The highest BCUT2D eigenvalue weighted by Crippen LogP contribution is 2.19. The van der Waals surface area contributed by atoms with Crippen molar-refractivity contribution in [1.82, 2.24) is 4.31 Å². The molecule has 2 rings (SSSR count). The Morgan fingerprint density at radius 3 is 2.17 bits per heavy atom. The average molecular weight is 331 g/mol. The summed E-state index contributed by atoms with van der Waals surface area (Å²) in [5, 5.41) is 0. The minimum absolute atomic E-state index is 0.0856. The number of aryl methyl sites for hydroxylation is 2. The molecule has 2 aromatic carbocycles. The first-order valence-electron chi connectivity index (χ1n) is 7.35. The molecule has 23 heavy (non-hydrogen) atoms. The fourth-order valence-corrected chi connectivity index (χ4v) is 3.54. The number of rotatable bonds is 5. The van der Waals surface area contributed by atoms with Crippen LogP contribution in [0.3, 0.4) is 0 Å². The second kappa shape index (κ2) is 6.64. The van der Waals surface area contributed by atoms with Gasteiger partial charge in [0.2, 0.25) is 10.0 Å². The first kappa shape index (κ1) is 17.4. The van der Waals surface area contributed by atoms with E-state index in [1.54, 1.807) is 19.2 Å². The van der Waals surface area contributed by atoms with Gasteiger partial charge in [-0.15, -0.1) is 0 Å². The van der Waals surface area contributed by atoms with Crippen LogP contribution in [0.5, 0.6) is 0 Å². The molecule has 0 unspecified atom stereocenters. The number of benzene rings is 2. The van der Waals surface area contributed by atoms with Crippen molar-refractivity contribution in [2.75, 3.05) is 7.05 Å². The quantitative estimate of drug-likeness (QED) is 0.790. The first-order valence-corrected chi connectivity index (χ1v) is 8.79. The molecule has 2 aromatic rings. The molecular weight excluding hydrogens is 310 g/mol. The highest BCUT2D eigenvalue weighted by molar-refractivity contribution is 7.89. The van der Waals surface area contributed by atoms with E-state index in [1.165, 1.54) is 23.4 Å². The molecule has 0 atom stereocenters. The molecule has 5 heteroatoms. The summed E-state index contributed by atoms with van der Waals surface area (Å²) < 4.78 is 26.6. The number of Topliss-reactive ketones (excluding diaryl/α,β-unsaturated/α-hetero) is 1. The number of carbonyl (C=O) groups excluding carboxylic acids is 1. The van der Waals surface area contributed by atoms with Gasteiger partial charge in [0.25, 0.3) is 0 Å². The maximum absolute atomic E-state index is 12.6. The van der Waals surface area contributed by atoms with Crippen molar-refractivity contribution in [3.63, 3.8) is 0 Å². The summed E-state index contributed by atoms with van der Waals surface area (Å²) in [6.45, 7) is 5.75. The van der Waals surface area contributed by atoms with Crippen molar-refractivity contribution < 1.29 is 13.2 Å². The third-order valence-electron chi connectivity index (χ3n) is 3.86. The Labute approximate surface area is 137 Å². The van der Waals surface area contributed by atoms with Crippen molar-refractivity contribution in [3.8, 4) is 0 Å². The van der Waals surface area contributed by atoms with Gasteiger partial charge in [-0.2, -0.15) is 4.31 Å². The van der Waals surface area contributed by atoms with Gasteiger partial charge >= 0.3 is 0 Å². The molecule has 0 aliphatic heterocycles. The largest absolute Gasteiger partial charge is 0.295 e. The molecule has 0 bridgehead atoms. The van der Waals surface area contributed by atoms with Crippen molar-refractivity contribution in [2.24, 2.45) is 0 Å². The standard InChI is InChI=1S/C18H21NO3S/c1-13-5-6-17(14(2)11-13)12-19(4)23(21,22)18-9-7-16(8-10-18)15(3)20/h5-11H,12H2,1-4H3. The van der Waals surface area contributed by atoms with E-state index in [2.05, 4.69) is 0 Å². The summed E-state index contributed by atoms with van der Waals surface area (Å²) >= 11 is 0. The molecule has 122 valence electrons.